The van der Waals surface area contributed by atoms with Crippen LogP contribution in [0, 0.1) is 0 Å². The van der Waals surface area contributed by atoms with Crippen molar-refractivity contribution in [1.82, 2.24) is 0 Å². The van der Waals surface area contributed by atoms with E-state index in [1.165, 1.54) is 42.5 Å². The molecule has 0 spiro atoms. The van der Waals surface area contributed by atoms with Gasteiger partial charge in [0.05, 0.1) is 0 Å². The summed E-state index contributed by atoms with van der Waals surface area (Å²) in [5.41, 5.74) is 3.94. The van der Waals surface area contributed by atoms with Gasteiger partial charge >= 0.3 is 0 Å². The zero-order valence-electron chi connectivity index (χ0n) is 12.4. The van der Waals surface area contributed by atoms with Gasteiger partial charge in [0, 0.05) is 28.6 Å². The highest BCUT2D eigenvalue weighted by Crippen LogP contribution is 2.48. The molecule has 3 heteroatoms. The second-order valence-corrected chi connectivity index (χ2v) is 6.93. The van der Waals surface area contributed by atoms with E-state index in [4.69, 9.17) is 11.6 Å². The van der Waals surface area contributed by atoms with E-state index in [0.717, 1.165) is 5.02 Å². The zero-order valence-corrected chi connectivity index (χ0v) is 13.2. The smallest absolute Gasteiger partial charge is 0.115 e. The van der Waals surface area contributed by atoms with Gasteiger partial charge in [-0.3, -0.25) is 0 Å². The van der Waals surface area contributed by atoms with Crippen LogP contribution in [0.4, 0.5) is 5.69 Å². The predicted octanol–water partition coefficient (Wildman–Crippen LogP) is 5.28. The molecule has 1 fully saturated rings. The molecule has 2 aliphatic rings. The molecule has 0 bridgehead atoms. The molecule has 1 saturated carbocycles. The van der Waals surface area contributed by atoms with Gasteiger partial charge in [-0.2, -0.15) is 0 Å². The minimum Gasteiger partial charge on any atom is -0.508 e. The van der Waals surface area contributed by atoms with Crippen molar-refractivity contribution in [3.8, 4) is 5.75 Å². The Kier molecular flexibility index (Phi) is 3.50. The summed E-state index contributed by atoms with van der Waals surface area (Å²) in [5, 5.41) is 14.1. The van der Waals surface area contributed by atoms with Gasteiger partial charge in [0.15, 0.2) is 0 Å². The molecule has 3 atom stereocenters. The molecule has 0 aromatic heterocycles. The van der Waals surface area contributed by atoms with E-state index in [-0.39, 0.29) is 0 Å². The maximum atomic E-state index is 9.54. The van der Waals surface area contributed by atoms with Crippen LogP contribution in [0.25, 0.3) is 0 Å². The topological polar surface area (TPSA) is 32.3 Å². The predicted molar refractivity (Wildman–Crippen MR) is 90.9 cm³/mol. The molecule has 1 aliphatic heterocycles. The van der Waals surface area contributed by atoms with Gasteiger partial charge < -0.3 is 10.4 Å². The molecule has 2 nitrogen and oxygen atoms in total. The molecule has 1 heterocycles. The second kappa shape index (κ2) is 5.51. The average Bonchev–Trinajstić information content (AvgIpc) is 2.73. The van der Waals surface area contributed by atoms with Gasteiger partial charge in [0.25, 0.3) is 0 Å². The molecular formula is C19H20ClNO. The molecule has 2 aromatic carbocycles. The van der Waals surface area contributed by atoms with Gasteiger partial charge in [-0.15, -0.1) is 0 Å². The van der Waals surface area contributed by atoms with Crippen LogP contribution in [0.2, 0.25) is 5.02 Å². The fraction of sp³-hybridized carbons (Fsp3) is 0.368. The molecule has 0 radical (unpaired) electrons. The Morgan fingerprint density at radius 1 is 0.955 bits per heavy atom. The Hall–Kier alpha value is -1.67. The lowest BCUT2D eigenvalue weighted by Crippen LogP contribution is -2.27. The van der Waals surface area contributed by atoms with Crippen molar-refractivity contribution < 1.29 is 5.11 Å². The zero-order chi connectivity index (χ0) is 15.1. The minimum absolute atomic E-state index is 0.336. The van der Waals surface area contributed by atoms with Crippen LogP contribution in [0.15, 0.2) is 42.5 Å². The molecule has 3 unspecified atom stereocenters. The van der Waals surface area contributed by atoms with E-state index < -0.39 is 0 Å². The number of hydrogen-bond donors (Lipinski definition) is 2. The molecular weight excluding hydrogens is 294 g/mol. The summed E-state index contributed by atoms with van der Waals surface area (Å²) in [5.74, 6) is 1.36. The summed E-state index contributed by atoms with van der Waals surface area (Å²) in [7, 11) is 0. The van der Waals surface area contributed by atoms with Crippen LogP contribution < -0.4 is 5.32 Å². The van der Waals surface area contributed by atoms with Gasteiger partial charge in [-0.05, 0) is 54.3 Å². The van der Waals surface area contributed by atoms with Crippen LogP contribution in [-0.4, -0.2) is 11.1 Å². The summed E-state index contributed by atoms with van der Waals surface area (Å²) in [6, 6.07) is 14.4. The number of fused-ring (bicyclic) bond motifs is 3. The first-order valence-corrected chi connectivity index (χ1v) is 8.45. The third-order valence-electron chi connectivity index (χ3n) is 5.20. The summed E-state index contributed by atoms with van der Waals surface area (Å²) in [6.07, 6.45) is 4.94. The average molecular weight is 314 g/mol. The molecule has 2 N–H and O–H groups in total. The lowest BCUT2D eigenvalue weighted by molar-refractivity contribution is 0.472. The van der Waals surface area contributed by atoms with Crippen molar-refractivity contribution in [3.63, 3.8) is 0 Å². The summed E-state index contributed by atoms with van der Waals surface area (Å²) in [6.45, 7) is 0. The highest BCUT2D eigenvalue weighted by molar-refractivity contribution is 6.30. The molecule has 22 heavy (non-hydrogen) atoms. The summed E-state index contributed by atoms with van der Waals surface area (Å²) < 4.78 is 0. The number of phenolic OH excluding ortho intramolecular Hbond substituents is 1. The molecule has 4 rings (SSSR count). The number of halogens is 1. The first-order valence-electron chi connectivity index (χ1n) is 8.07. The normalized spacial score (nSPS) is 26.7. The van der Waals surface area contributed by atoms with Crippen LogP contribution in [-0.2, 0) is 0 Å². The van der Waals surface area contributed by atoms with E-state index in [2.05, 4.69) is 29.6 Å². The van der Waals surface area contributed by atoms with Crippen molar-refractivity contribution in [2.75, 3.05) is 5.32 Å². The van der Waals surface area contributed by atoms with Crippen molar-refractivity contribution in [3.05, 3.63) is 58.6 Å². The van der Waals surface area contributed by atoms with Crippen LogP contribution >= 0.6 is 11.6 Å². The number of benzene rings is 2. The first kappa shape index (κ1) is 14.0. The third-order valence-corrected chi connectivity index (χ3v) is 5.44. The maximum absolute atomic E-state index is 9.54. The minimum atomic E-state index is 0.336. The molecule has 0 saturated heterocycles. The molecule has 0 amide bonds. The fourth-order valence-electron chi connectivity index (χ4n) is 4.17. The fourth-order valence-corrected chi connectivity index (χ4v) is 4.35. The maximum Gasteiger partial charge on any atom is 0.115 e. The Morgan fingerprint density at radius 2 is 1.68 bits per heavy atom. The van der Waals surface area contributed by atoms with E-state index >= 15 is 0 Å². The molecule has 2 aromatic rings. The SMILES string of the molecule is Oc1ccc(C2CCCCC3c4cc(Cl)ccc4NC23)cc1. The lowest BCUT2D eigenvalue weighted by Gasteiger charge is -2.27. The number of nitrogens with one attached hydrogen (secondary N) is 1. The molecule has 114 valence electrons. The number of anilines is 1. The number of phenols is 1. The van der Waals surface area contributed by atoms with Gasteiger partial charge in [0.1, 0.15) is 5.75 Å². The van der Waals surface area contributed by atoms with Crippen molar-refractivity contribution in [2.24, 2.45) is 0 Å². The van der Waals surface area contributed by atoms with E-state index in [1.54, 1.807) is 12.1 Å². The van der Waals surface area contributed by atoms with Gasteiger partial charge in [0.2, 0.25) is 0 Å². The van der Waals surface area contributed by atoms with Crippen molar-refractivity contribution in [1.29, 1.82) is 0 Å². The second-order valence-electron chi connectivity index (χ2n) is 6.49. The molecule has 1 aliphatic carbocycles. The van der Waals surface area contributed by atoms with E-state index in [1.807, 2.05) is 6.07 Å². The monoisotopic (exact) mass is 313 g/mol. The Bertz CT molecular complexity index is 682. The summed E-state index contributed by atoms with van der Waals surface area (Å²) >= 11 is 6.21. The van der Waals surface area contributed by atoms with Crippen LogP contribution in [0.1, 0.15) is 48.6 Å². The Morgan fingerprint density at radius 3 is 2.45 bits per heavy atom. The number of rotatable bonds is 1. The lowest BCUT2D eigenvalue weighted by atomic mass is 9.82. The van der Waals surface area contributed by atoms with Crippen molar-refractivity contribution >= 4 is 17.3 Å². The highest BCUT2D eigenvalue weighted by Gasteiger charge is 2.39. The van der Waals surface area contributed by atoms with Gasteiger partial charge in [-0.1, -0.05) is 36.6 Å². The number of aromatic hydroxyl groups is 1. The Labute approximate surface area is 136 Å². The van der Waals surface area contributed by atoms with Gasteiger partial charge in [-0.25, -0.2) is 0 Å². The van der Waals surface area contributed by atoms with Crippen LogP contribution in [0.5, 0.6) is 5.75 Å². The van der Waals surface area contributed by atoms with E-state index in [0.29, 0.717) is 23.6 Å². The Balaban J connectivity index is 1.71. The quantitative estimate of drug-likeness (QED) is 0.750. The van der Waals surface area contributed by atoms with Crippen LogP contribution in [0.3, 0.4) is 0 Å². The highest BCUT2D eigenvalue weighted by atomic mass is 35.5. The third kappa shape index (κ3) is 2.36. The van der Waals surface area contributed by atoms with Crippen molar-refractivity contribution in [2.45, 2.75) is 43.6 Å². The summed E-state index contributed by atoms with van der Waals surface area (Å²) in [4.78, 5) is 0. The first-order chi connectivity index (χ1) is 10.7. The standard InChI is InChI=1S/C19H20ClNO/c20-13-7-10-18-17(11-13)16-4-2-1-3-15(19(16)21-18)12-5-8-14(22)9-6-12/h5-11,15-16,19,21-22H,1-4H2. The van der Waals surface area contributed by atoms with E-state index in [9.17, 15) is 5.11 Å². The largest absolute Gasteiger partial charge is 0.508 e. The number of hydrogen-bond acceptors (Lipinski definition) is 2.